The number of pyridine rings is 1. The van der Waals surface area contributed by atoms with E-state index in [-0.39, 0.29) is 0 Å². The van der Waals surface area contributed by atoms with Gasteiger partial charge in [0.05, 0.1) is 24.3 Å². The summed E-state index contributed by atoms with van der Waals surface area (Å²) in [5.74, 6) is 1.31. The Morgan fingerprint density at radius 1 is 1.21 bits per heavy atom. The van der Waals surface area contributed by atoms with Crippen LogP contribution in [0.3, 0.4) is 0 Å². The highest BCUT2D eigenvalue weighted by molar-refractivity contribution is 6.29. The number of nitrogens with zero attached hydrogens (tertiary/aromatic N) is 6. The van der Waals surface area contributed by atoms with Gasteiger partial charge in [-0.05, 0) is 12.1 Å². The molecule has 3 aromatic heterocycles. The summed E-state index contributed by atoms with van der Waals surface area (Å²) >= 11 is 5.77. The van der Waals surface area contributed by atoms with Crippen LogP contribution in [0.25, 0.3) is 5.82 Å². The molecule has 0 amide bonds. The van der Waals surface area contributed by atoms with Crippen molar-refractivity contribution in [3.05, 3.63) is 48.0 Å². The largest absolute Gasteiger partial charge is 0.339 e. The molecule has 94 valence electrons. The number of rotatable bonds is 3. The monoisotopic (exact) mass is 273 g/mol. The van der Waals surface area contributed by atoms with Crippen molar-refractivity contribution in [3.8, 4) is 5.82 Å². The van der Waals surface area contributed by atoms with Crippen molar-refractivity contribution in [2.24, 2.45) is 0 Å². The van der Waals surface area contributed by atoms with E-state index in [1.54, 1.807) is 29.3 Å². The molecule has 8 heteroatoms. The third-order valence-corrected chi connectivity index (χ3v) is 2.47. The van der Waals surface area contributed by atoms with Gasteiger partial charge in [-0.25, -0.2) is 9.67 Å². The summed E-state index contributed by atoms with van der Waals surface area (Å²) < 4.78 is 1.57. The molecule has 1 N–H and O–H groups in total. The summed E-state index contributed by atoms with van der Waals surface area (Å²) in [4.78, 5) is 4.40. The zero-order valence-corrected chi connectivity index (χ0v) is 10.4. The molecule has 0 saturated heterocycles. The SMILES string of the molecule is Clc1cc(Nc2cccc(-n3ccnn3)n2)cnn1. The topological polar surface area (TPSA) is 81.4 Å². The van der Waals surface area contributed by atoms with E-state index in [9.17, 15) is 0 Å². The molecule has 0 bridgehead atoms. The lowest BCUT2D eigenvalue weighted by Crippen LogP contribution is -2.01. The Kier molecular flexibility index (Phi) is 3.03. The molecule has 0 aliphatic rings. The van der Waals surface area contributed by atoms with E-state index >= 15 is 0 Å². The molecular formula is C11H8ClN7. The van der Waals surface area contributed by atoms with E-state index in [2.05, 4.69) is 30.8 Å². The van der Waals surface area contributed by atoms with Crippen molar-refractivity contribution in [2.45, 2.75) is 0 Å². The molecule has 0 aromatic carbocycles. The average Bonchev–Trinajstić information content (AvgIpc) is 2.93. The van der Waals surface area contributed by atoms with Gasteiger partial charge in [-0.1, -0.05) is 22.9 Å². The minimum atomic E-state index is 0.317. The zero-order valence-electron chi connectivity index (χ0n) is 9.60. The first-order valence-electron chi connectivity index (χ1n) is 5.40. The maximum Gasteiger partial charge on any atom is 0.157 e. The Morgan fingerprint density at radius 3 is 2.95 bits per heavy atom. The molecule has 3 aromatic rings. The molecule has 0 aliphatic heterocycles. The van der Waals surface area contributed by atoms with Gasteiger partial charge in [-0.15, -0.1) is 10.2 Å². The highest BCUT2D eigenvalue weighted by Gasteiger charge is 2.02. The van der Waals surface area contributed by atoms with Crippen LogP contribution in [0.2, 0.25) is 5.15 Å². The Bertz CT molecular complexity index is 683. The molecule has 0 fully saturated rings. The summed E-state index contributed by atoms with van der Waals surface area (Å²) in [5, 5.41) is 18.5. The highest BCUT2D eigenvalue weighted by atomic mass is 35.5. The van der Waals surface area contributed by atoms with Crippen LogP contribution in [0, 0.1) is 0 Å². The lowest BCUT2D eigenvalue weighted by atomic mass is 10.4. The summed E-state index contributed by atoms with van der Waals surface area (Å²) in [6, 6.07) is 7.19. The molecule has 0 spiro atoms. The maximum atomic E-state index is 5.77. The molecular weight excluding hydrogens is 266 g/mol. The Hall–Kier alpha value is -2.54. The van der Waals surface area contributed by atoms with Gasteiger partial charge in [0, 0.05) is 6.07 Å². The molecule has 7 nitrogen and oxygen atoms in total. The molecule has 0 radical (unpaired) electrons. The van der Waals surface area contributed by atoms with E-state index in [0.717, 1.165) is 0 Å². The van der Waals surface area contributed by atoms with Gasteiger partial charge < -0.3 is 5.32 Å². The van der Waals surface area contributed by atoms with Crippen LogP contribution < -0.4 is 5.32 Å². The normalized spacial score (nSPS) is 10.4. The first-order chi connectivity index (χ1) is 9.31. The zero-order chi connectivity index (χ0) is 13.1. The molecule has 0 saturated carbocycles. The summed E-state index contributed by atoms with van der Waals surface area (Å²) in [6.45, 7) is 0. The number of aromatic nitrogens is 6. The van der Waals surface area contributed by atoms with Gasteiger partial charge >= 0.3 is 0 Å². The Labute approximate surface area is 113 Å². The second-order valence-corrected chi connectivity index (χ2v) is 4.01. The van der Waals surface area contributed by atoms with Crippen LogP contribution in [0.1, 0.15) is 0 Å². The van der Waals surface area contributed by atoms with E-state index in [4.69, 9.17) is 11.6 Å². The molecule has 3 rings (SSSR count). The Morgan fingerprint density at radius 2 is 2.16 bits per heavy atom. The number of halogens is 1. The predicted octanol–water partition coefficient (Wildman–Crippen LogP) is 1.85. The molecule has 0 aliphatic carbocycles. The van der Waals surface area contributed by atoms with Crippen LogP contribution in [-0.4, -0.2) is 30.2 Å². The maximum absolute atomic E-state index is 5.77. The highest BCUT2D eigenvalue weighted by Crippen LogP contribution is 2.16. The fourth-order valence-corrected chi connectivity index (χ4v) is 1.67. The van der Waals surface area contributed by atoms with Gasteiger partial charge in [0.2, 0.25) is 0 Å². The summed E-state index contributed by atoms with van der Waals surface area (Å²) in [5.41, 5.74) is 0.711. The van der Waals surface area contributed by atoms with Crippen molar-refractivity contribution in [2.75, 3.05) is 5.32 Å². The smallest absolute Gasteiger partial charge is 0.157 e. The van der Waals surface area contributed by atoms with E-state index in [1.165, 1.54) is 0 Å². The second kappa shape index (κ2) is 4.99. The lowest BCUT2D eigenvalue weighted by Gasteiger charge is -2.06. The van der Waals surface area contributed by atoms with Gasteiger partial charge in [0.1, 0.15) is 5.82 Å². The van der Waals surface area contributed by atoms with Gasteiger partial charge in [0.25, 0.3) is 0 Å². The van der Waals surface area contributed by atoms with Crippen molar-refractivity contribution in [3.63, 3.8) is 0 Å². The van der Waals surface area contributed by atoms with Crippen molar-refractivity contribution < 1.29 is 0 Å². The molecule has 0 unspecified atom stereocenters. The van der Waals surface area contributed by atoms with Gasteiger partial charge in [0.15, 0.2) is 11.0 Å². The number of hydrogen-bond donors (Lipinski definition) is 1. The summed E-state index contributed by atoms with van der Waals surface area (Å²) in [7, 11) is 0. The first-order valence-corrected chi connectivity index (χ1v) is 5.78. The third-order valence-electron chi connectivity index (χ3n) is 2.29. The fraction of sp³-hybridized carbons (Fsp3) is 0. The second-order valence-electron chi connectivity index (χ2n) is 3.62. The van der Waals surface area contributed by atoms with E-state index < -0.39 is 0 Å². The van der Waals surface area contributed by atoms with Crippen molar-refractivity contribution in [1.82, 2.24) is 30.2 Å². The third kappa shape index (κ3) is 2.66. The minimum absolute atomic E-state index is 0.317. The van der Waals surface area contributed by atoms with Crippen LogP contribution in [-0.2, 0) is 0 Å². The van der Waals surface area contributed by atoms with E-state index in [1.807, 2.05) is 18.2 Å². The van der Waals surface area contributed by atoms with E-state index in [0.29, 0.717) is 22.5 Å². The standard InChI is InChI=1S/C11H8ClN7/c12-9-6-8(7-14-17-9)15-10-2-1-3-11(16-10)19-5-4-13-18-19/h1-7H,(H,15,16,17). The molecule has 3 heterocycles. The average molecular weight is 274 g/mol. The fourth-order valence-electron chi connectivity index (χ4n) is 1.51. The van der Waals surface area contributed by atoms with Crippen molar-refractivity contribution in [1.29, 1.82) is 0 Å². The minimum Gasteiger partial charge on any atom is -0.339 e. The van der Waals surface area contributed by atoms with Crippen LogP contribution in [0.15, 0.2) is 42.9 Å². The summed E-state index contributed by atoms with van der Waals surface area (Å²) in [6.07, 6.45) is 4.88. The lowest BCUT2D eigenvalue weighted by molar-refractivity contribution is 0.782. The molecule has 19 heavy (non-hydrogen) atoms. The van der Waals surface area contributed by atoms with Gasteiger partial charge in [-0.2, -0.15) is 5.10 Å². The van der Waals surface area contributed by atoms with Gasteiger partial charge in [-0.3, -0.25) is 0 Å². The number of anilines is 2. The Balaban J connectivity index is 1.88. The molecule has 0 atom stereocenters. The quantitative estimate of drug-likeness (QED) is 0.784. The predicted molar refractivity (Wildman–Crippen MR) is 69.5 cm³/mol. The number of nitrogens with one attached hydrogen (secondary N) is 1. The van der Waals surface area contributed by atoms with Crippen LogP contribution in [0.4, 0.5) is 11.5 Å². The van der Waals surface area contributed by atoms with Crippen molar-refractivity contribution >= 4 is 23.1 Å². The number of hydrogen-bond acceptors (Lipinski definition) is 6. The first kappa shape index (κ1) is 11.5. The van der Waals surface area contributed by atoms with Crippen LogP contribution in [0.5, 0.6) is 0 Å². The van der Waals surface area contributed by atoms with Crippen LogP contribution >= 0.6 is 11.6 Å².